The quantitative estimate of drug-likeness (QED) is 0.380. The first kappa shape index (κ1) is 14.3. The van der Waals surface area contributed by atoms with Crippen molar-refractivity contribution >= 4 is 46.0 Å². The Morgan fingerprint density at radius 1 is 1.55 bits per heavy atom. The maximum atomic E-state index is 11.5. The van der Waals surface area contributed by atoms with Gasteiger partial charge >= 0.3 is 5.69 Å². The van der Waals surface area contributed by atoms with E-state index in [0.29, 0.717) is 14.8 Å². The van der Waals surface area contributed by atoms with Gasteiger partial charge in [-0.1, -0.05) is 24.0 Å². The van der Waals surface area contributed by atoms with E-state index in [0.717, 1.165) is 17.8 Å². The zero-order valence-corrected chi connectivity index (χ0v) is 11.7. The monoisotopic (exact) mass is 312 g/mol. The van der Waals surface area contributed by atoms with Crippen molar-refractivity contribution in [3.63, 3.8) is 0 Å². The lowest BCUT2D eigenvalue weighted by molar-refractivity contribution is -0.386. The molecule has 1 heterocycles. The minimum atomic E-state index is -0.730. The average Bonchev–Trinajstić information content (AvgIpc) is 2.69. The lowest BCUT2D eigenvalue weighted by Gasteiger charge is -2.05. The number of nitrogens with zero attached hydrogens (tertiary/aromatic N) is 1. The second-order valence-electron chi connectivity index (χ2n) is 3.70. The number of rotatable bonds is 3. The molecule has 0 radical (unpaired) electrons. The van der Waals surface area contributed by atoms with Crippen LogP contribution in [0.5, 0.6) is 11.5 Å². The second kappa shape index (κ2) is 5.47. The summed E-state index contributed by atoms with van der Waals surface area (Å²) in [5.74, 6) is -0.967. The van der Waals surface area contributed by atoms with Gasteiger partial charge in [0.05, 0.1) is 16.9 Å². The molecule has 0 unspecified atom stereocenters. The highest BCUT2D eigenvalue weighted by atomic mass is 32.2. The minimum absolute atomic E-state index is 0.0444. The summed E-state index contributed by atoms with van der Waals surface area (Å²) in [5, 5.41) is 22.9. The van der Waals surface area contributed by atoms with Crippen LogP contribution in [0.2, 0.25) is 0 Å². The van der Waals surface area contributed by atoms with Crippen LogP contribution >= 0.6 is 24.0 Å². The molecule has 1 fully saturated rings. The molecule has 1 aliphatic rings. The normalized spacial score (nSPS) is 16.4. The first-order valence-electron chi connectivity index (χ1n) is 5.22. The molecule has 2 N–H and O–H groups in total. The third-order valence-electron chi connectivity index (χ3n) is 2.43. The van der Waals surface area contributed by atoms with Crippen LogP contribution in [0.1, 0.15) is 5.56 Å². The predicted molar refractivity (Wildman–Crippen MR) is 77.6 cm³/mol. The maximum Gasteiger partial charge on any atom is 0.315 e. The van der Waals surface area contributed by atoms with Gasteiger partial charge in [0.15, 0.2) is 5.75 Å². The maximum absolute atomic E-state index is 11.5. The average molecular weight is 312 g/mol. The van der Waals surface area contributed by atoms with Crippen molar-refractivity contribution < 1.29 is 19.6 Å². The van der Waals surface area contributed by atoms with Crippen LogP contribution in [0.15, 0.2) is 17.0 Å². The number of nitro benzene ring substituents is 1. The largest absolute Gasteiger partial charge is 0.500 e. The van der Waals surface area contributed by atoms with Crippen molar-refractivity contribution in [1.29, 1.82) is 0 Å². The zero-order chi connectivity index (χ0) is 14.9. The summed E-state index contributed by atoms with van der Waals surface area (Å²) in [4.78, 5) is 22.0. The van der Waals surface area contributed by atoms with Crippen LogP contribution in [0, 0.1) is 10.1 Å². The second-order valence-corrected chi connectivity index (χ2v) is 5.42. The van der Waals surface area contributed by atoms with Crippen LogP contribution in [-0.2, 0) is 4.79 Å². The Kier molecular flexibility index (Phi) is 3.91. The summed E-state index contributed by atoms with van der Waals surface area (Å²) in [6, 6.07) is 2.55. The van der Waals surface area contributed by atoms with E-state index >= 15 is 0 Å². The molecule has 0 atom stereocenters. The Labute approximate surface area is 122 Å². The molecule has 2 rings (SSSR count). The van der Waals surface area contributed by atoms with Crippen molar-refractivity contribution in [2.45, 2.75) is 0 Å². The highest BCUT2D eigenvalue weighted by molar-refractivity contribution is 8.26. The zero-order valence-electron chi connectivity index (χ0n) is 10.1. The predicted octanol–water partition coefficient (Wildman–Crippen LogP) is 1.80. The molecule has 0 bridgehead atoms. The molecule has 0 aromatic heterocycles. The van der Waals surface area contributed by atoms with Gasteiger partial charge in [-0.15, -0.1) is 0 Å². The number of phenolic OH excluding ortho intramolecular Hbond substituents is 1. The molecule has 0 saturated carbocycles. The van der Waals surface area contributed by atoms with Gasteiger partial charge in [0.2, 0.25) is 5.75 Å². The van der Waals surface area contributed by atoms with Crippen molar-refractivity contribution in [1.82, 2.24) is 5.32 Å². The molecule has 1 saturated heterocycles. The van der Waals surface area contributed by atoms with Gasteiger partial charge in [-0.3, -0.25) is 14.9 Å². The van der Waals surface area contributed by atoms with Gasteiger partial charge in [-0.05, 0) is 17.7 Å². The molecule has 1 aromatic rings. The number of ether oxygens (including phenoxy) is 1. The van der Waals surface area contributed by atoms with E-state index in [1.807, 2.05) is 0 Å². The number of methoxy groups -OCH3 is 1. The van der Waals surface area contributed by atoms with Gasteiger partial charge in [0.1, 0.15) is 4.32 Å². The molecule has 1 aromatic carbocycles. The van der Waals surface area contributed by atoms with E-state index in [4.69, 9.17) is 17.0 Å². The number of aromatic hydroxyl groups is 1. The number of hydrogen-bond acceptors (Lipinski definition) is 7. The highest BCUT2D eigenvalue weighted by Gasteiger charge is 2.24. The Hall–Kier alpha value is -2.13. The Morgan fingerprint density at radius 3 is 2.75 bits per heavy atom. The van der Waals surface area contributed by atoms with Crippen LogP contribution in [-0.4, -0.2) is 27.4 Å². The number of thioether (sulfide) groups is 1. The molecular formula is C11H8N2O5S2. The van der Waals surface area contributed by atoms with Gasteiger partial charge < -0.3 is 15.2 Å². The number of phenols is 1. The van der Waals surface area contributed by atoms with E-state index in [9.17, 15) is 20.0 Å². The van der Waals surface area contributed by atoms with E-state index in [1.54, 1.807) is 0 Å². The van der Waals surface area contributed by atoms with E-state index < -0.39 is 16.4 Å². The van der Waals surface area contributed by atoms with Gasteiger partial charge in [0.25, 0.3) is 5.91 Å². The first-order valence-corrected chi connectivity index (χ1v) is 6.45. The molecule has 1 aliphatic heterocycles. The number of thiocarbonyl (C=S) groups is 1. The Bertz CT molecular complexity index is 656. The fourth-order valence-corrected chi connectivity index (χ4v) is 2.61. The molecule has 0 aliphatic carbocycles. The molecule has 104 valence electrons. The first-order chi connectivity index (χ1) is 9.42. The molecule has 7 nitrogen and oxygen atoms in total. The van der Waals surface area contributed by atoms with Crippen LogP contribution < -0.4 is 10.1 Å². The van der Waals surface area contributed by atoms with Crippen molar-refractivity contribution in [3.8, 4) is 11.5 Å². The number of amides is 1. The number of hydrogen-bond donors (Lipinski definition) is 2. The summed E-state index contributed by atoms with van der Waals surface area (Å²) in [6.07, 6.45) is 1.44. The molecule has 1 amide bonds. The summed E-state index contributed by atoms with van der Waals surface area (Å²) in [6.45, 7) is 0. The summed E-state index contributed by atoms with van der Waals surface area (Å²) < 4.78 is 5.19. The number of carbonyl (C=O) groups is 1. The van der Waals surface area contributed by atoms with E-state index in [2.05, 4.69) is 5.32 Å². The van der Waals surface area contributed by atoms with Crippen molar-refractivity contribution in [3.05, 3.63) is 32.7 Å². The van der Waals surface area contributed by atoms with Crippen molar-refractivity contribution in [2.24, 2.45) is 0 Å². The fraction of sp³-hybridized carbons (Fsp3) is 0.0909. The molecule has 9 heteroatoms. The van der Waals surface area contributed by atoms with E-state index in [-0.39, 0.29) is 11.7 Å². The lowest BCUT2D eigenvalue weighted by atomic mass is 10.1. The van der Waals surface area contributed by atoms with Gasteiger partial charge in [-0.2, -0.15) is 0 Å². The SMILES string of the molecule is COc1cc(/C=C2/SC(=S)NC2=O)cc([N+](=O)[O-])c1O. The van der Waals surface area contributed by atoms with Crippen LogP contribution in [0.25, 0.3) is 6.08 Å². The molecule has 20 heavy (non-hydrogen) atoms. The number of benzene rings is 1. The summed E-state index contributed by atoms with van der Waals surface area (Å²) >= 11 is 5.90. The third-order valence-corrected chi connectivity index (χ3v) is 3.60. The third kappa shape index (κ3) is 2.73. The number of nitro groups is 1. The number of carbonyl (C=O) groups excluding carboxylic acids is 1. The van der Waals surface area contributed by atoms with Crippen LogP contribution in [0.4, 0.5) is 5.69 Å². The minimum Gasteiger partial charge on any atom is -0.500 e. The van der Waals surface area contributed by atoms with E-state index in [1.165, 1.54) is 19.3 Å². The highest BCUT2D eigenvalue weighted by Crippen LogP contribution is 2.38. The number of nitrogens with one attached hydrogen (secondary N) is 1. The smallest absolute Gasteiger partial charge is 0.315 e. The summed E-state index contributed by atoms with van der Waals surface area (Å²) in [5.41, 5.74) is -0.143. The van der Waals surface area contributed by atoms with Gasteiger partial charge in [0, 0.05) is 6.07 Å². The topological polar surface area (TPSA) is 102 Å². The Morgan fingerprint density at radius 2 is 2.25 bits per heavy atom. The van der Waals surface area contributed by atoms with Crippen LogP contribution in [0.3, 0.4) is 0 Å². The van der Waals surface area contributed by atoms with Gasteiger partial charge in [-0.25, -0.2) is 0 Å². The summed E-state index contributed by atoms with van der Waals surface area (Å²) in [7, 11) is 1.28. The van der Waals surface area contributed by atoms with Crippen molar-refractivity contribution in [2.75, 3.05) is 7.11 Å². The lowest BCUT2D eigenvalue weighted by Crippen LogP contribution is -2.17. The fourth-order valence-electron chi connectivity index (χ4n) is 1.56. The molecular weight excluding hydrogens is 304 g/mol. The standard InChI is InChI=1S/C11H8N2O5S2/c1-18-7-3-5(2-6(9(7)14)13(16)17)4-8-10(15)12-11(19)20-8/h2-4,14H,1H3,(H,12,15,19)/b8-4+. The Balaban J connectivity index is 2.50. The molecule has 0 spiro atoms.